The van der Waals surface area contributed by atoms with E-state index in [9.17, 15) is 5.26 Å². The number of nitriles is 1. The number of hydrogen-bond acceptors (Lipinski definition) is 7. The van der Waals surface area contributed by atoms with Crippen LogP contribution in [0.3, 0.4) is 0 Å². The van der Waals surface area contributed by atoms with Gasteiger partial charge in [0.25, 0.3) is 0 Å². The van der Waals surface area contributed by atoms with Gasteiger partial charge >= 0.3 is 0 Å². The number of hydrogen-bond donors (Lipinski definition) is 0. The fourth-order valence-electron chi connectivity index (χ4n) is 3.21. The first-order valence-corrected chi connectivity index (χ1v) is 9.09. The molecule has 1 aliphatic carbocycles. The number of nitrogens with zero attached hydrogens (tertiary/aromatic N) is 3. The first-order valence-electron chi connectivity index (χ1n) is 9.09. The number of aromatic nitrogens is 2. The maximum absolute atomic E-state index is 9.74. The van der Waals surface area contributed by atoms with Gasteiger partial charge in [0, 0.05) is 6.07 Å². The normalized spacial score (nSPS) is 14.4. The summed E-state index contributed by atoms with van der Waals surface area (Å²) in [5.74, 6) is 2.15. The lowest BCUT2D eigenvalue weighted by Gasteiger charge is -2.16. The summed E-state index contributed by atoms with van der Waals surface area (Å²) >= 11 is 0. The number of allylic oxidation sites excluding steroid dienone is 1. The zero-order valence-electron chi connectivity index (χ0n) is 16.3. The summed E-state index contributed by atoms with van der Waals surface area (Å²) in [4.78, 5) is 8.44. The summed E-state index contributed by atoms with van der Waals surface area (Å²) in [6, 6.07) is 3.94. The maximum atomic E-state index is 9.74. The van der Waals surface area contributed by atoms with Crippen molar-refractivity contribution in [1.82, 2.24) is 9.97 Å². The van der Waals surface area contributed by atoms with Crippen LogP contribution in [0, 0.1) is 11.3 Å². The molecule has 1 fully saturated rings. The molecule has 0 radical (unpaired) electrons. The minimum absolute atomic E-state index is 0.166. The standard InChI is InChI=1S/C21H23N3O4/c1-25-19-11-23-12-20(26-2)16(19)8-14(10-22)17-9-18(21(27-3)13-24-17)28-15-6-4-5-7-15/h8-9,11-13,15H,4-7H2,1-3H3. The maximum Gasteiger partial charge on any atom is 0.179 e. The van der Waals surface area contributed by atoms with Crippen molar-refractivity contribution in [3.8, 4) is 29.1 Å². The summed E-state index contributed by atoms with van der Waals surface area (Å²) in [5.41, 5.74) is 1.45. The SMILES string of the molecule is COc1cnc(C(C#N)=Cc2c(OC)cncc2OC)cc1OC1CCCC1. The Bertz CT molecular complexity index is 877. The van der Waals surface area contributed by atoms with Crippen LogP contribution in [0.2, 0.25) is 0 Å². The van der Waals surface area contributed by atoms with Gasteiger partial charge in [-0.2, -0.15) is 5.26 Å². The van der Waals surface area contributed by atoms with Crippen molar-refractivity contribution in [1.29, 1.82) is 5.26 Å². The molecular formula is C21H23N3O4. The van der Waals surface area contributed by atoms with Crippen molar-refractivity contribution in [3.05, 3.63) is 35.9 Å². The molecule has 0 amide bonds. The Morgan fingerprint density at radius 1 is 1.00 bits per heavy atom. The molecule has 7 nitrogen and oxygen atoms in total. The Labute approximate surface area is 164 Å². The van der Waals surface area contributed by atoms with E-state index in [0.29, 0.717) is 39.8 Å². The number of rotatable bonds is 7. The fourth-order valence-corrected chi connectivity index (χ4v) is 3.21. The molecule has 2 aromatic rings. The average Bonchev–Trinajstić information content (AvgIpc) is 3.24. The Kier molecular flexibility index (Phi) is 6.33. The summed E-state index contributed by atoms with van der Waals surface area (Å²) in [5, 5.41) is 9.74. The van der Waals surface area contributed by atoms with Crippen molar-refractivity contribution >= 4 is 11.6 Å². The van der Waals surface area contributed by atoms with Crippen LogP contribution in [0.25, 0.3) is 11.6 Å². The molecule has 7 heteroatoms. The Hall–Kier alpha value is -3.27. The van der Waals surface area contributed by atoms with E-state index in [2.05, 4.69) is 16.0 Å². The molecule has 2 aromatic heterocycles. The lowest BCUT2D eigenvalue weighted by atomic mass is 10.1. The van der Waals surface area contributed by atoms with Crippen LogP contribution in [-0.2, 0) is 0 Å². The predicted octanol–water partition coefficient (Wildman–Crippen LogP) is 3.89. The van der Waals surface area contributed by atoms with Crippen LogP contribution in [0.5, 0.6) is 23.0 Å². The molecule has 0 N–H and O–H groups in total. The number of methoxy groups -OCH3 is 3. The van der Waals surface area contributed by atoms with E-state index in [1.807, 2.05) is 0 Å². The second-order valence-electron chi connectivity index (χ2n) is 6.37. The largest absolute Gasteiger partial charge is 0.494 e. The van der Waals surface area contributed by atoms with E-state index in [4.69, 9.17) is 18.9 Å². The van der Waals surface area contributed by atoms with E-state index >= 15 is 0 Å². The molecule has 2 heterocycles. The highest BCUT2D eigenvalue weighted by molar-refractivity contribution is 5.91. The smallest absolute Gasteiger partial charge is 0.179 e. The van der Waals surface area contributed by atoms with Gasteiger partial charge in [-0.1, -0.05) is 0 Å². The highest BCUT2D eigenvalue weighted by Crippen LogP contribution is 2.35. The van der Waals surface area contributed by atoms with Crippen molar-refractivity contribution in [2.45, 2.75) is 31.8 Å². The summed E-state index contributed by atoms with van der Waals surface area (Å²) < 4.78 is 22.2. The van der Waals surface area contributed by atoms with Crippen LogP contribution < -0.4 is 18.9 Å². The van der Waals surface area contributed by atoms with Crippen molar-refractivity contribution in [2.75, 3.05) is 21.3 Å². The highest BCUT2D eigenvalue weighted by atomic mass is 16.5. The van der Waals surface area contributed by atoms with E-state index < -0.39 is 0 Å². The molecule has 0 bridgehead atoms. The molecule has 0 saturated heterocycles. The summed E-state index contributed by atoms with van der Waals surface area (Å²) in [7, 11) is 4.66. The van der Waals surface area contributed by atoms with Crippen LogP contribution >= 0.6 is 0 Å². The van der Waals surface area contributed by atoms with Gasteiger partial charge in [-0.25, -0.2) is 0 Å². The van der Waals surface area contributed by atoms with E-state index in [1.54, 1.807) is 52.1 Å². The van der Waals surface area contributed by atoms with Crippen molar-refractivity contribution in [3.63, 3.8) is 0 Å². The van der Waals surface area contributed by atoms with Crippen LogP contribution in [0.15, 0.2) is 24.7 Å². The predicted molar refractivity (Wildman–Crippen MR) is 104 cm³/mol. The molecule has 0 unspecified atom stereocenters. The van der Waals surface area contributed by atoms with Crippen LogP contribution in [0.4, 0.5) is 0 Å². The van der Waals surface area contributed by atoms with Gasteiger partial charge in [0.2, 0.25) is 0 Å². The third kappa shape index (κ3) is 4.17. The number of ether oxygens (including phenoxy) is 4. The zero-order valence-corrected chi connectivity index (χ0v) is 16.3. The first kappa shape index (κ1) is 19.5. The van der Waals surface area contributed by atoms with Crippen LogP contribution in [-0.4, -0.2) is 37.4 Å². The molecule has 3 rings (SSSR count). The molecular weight excluding hydrogens is 358 g/mol. The molecule has 1 aliphatic rings. The summed E-state index contributed by atoms with van der Waals surface area (Å²) in [6.45, 7) is 0. The lowest BCUT2D eigenvalue weighted by Crippen LogP contribution is -2.12. The summed E-state index contributed by atoms with van der Waals surface area (Å²) in [6.07, 6.45) is 10.9. The minimum Gasteiger partial charge on any atom is -0.494 e. The third-order valence-corrected chi connectivity index (χ3v) is 4.69. The highest BCUT2D eigenvalue weighted by Gasteiger charge is 2.20. The lowest BCUT2D eigenvalue weighted by molar-refractivity contribution is 0.200. The molecule has 0 aromatic carbocycles. The average molecular weight is 381 g/mol. The van der Waals surface area contributed by atoms with Gasteiger partial charge in [-0.15, -0.1) is 0 Å². The fraction of sp³-hybridized carbons (Fsp3) is 0.381. The van der Waals surface area contributed by atoms with Crippen molar-refractivity contribution in [2.24, 2.45) is 0 Å². The zero-order chi connectivity index (χ0) is 19.9. The minimum atomic E-state index is 0.166. The van der Waals surface area contributed by atoms with Gasteiger partial charge in [0.15, 0.2) is 11.5 Å². The Balaban J connectivity index is 2.01. The van der Waals surface area contributed by atoms with Gasteiger partial charge in [0.05, 0.1) is 62.9 Å². The Morgan fingerprint density at radius 2 is 1.64 bits per heavy atom. The van der Waals surface area contributed by atoms with Gasteiger partial charge in [-0.05, 0) is 31.8 Å². The molecule has 146 valence electrons. The van der Waals surface area contributed by atoms with Gasteiger partial charge in [0.1, 0.15) is 17.6 Å². The number of pyridine rings is 2. The van der Waals surface area contributed by atoms with Gasteiger partial charge < -0.3 is 18.9 Å². The second-order valence-corrected chi connectivity index (χ2v) is 6.37. The molecule has 0 spiro atoms. The third-order valence-electron chi connectivity index (χ3n) is 4.69. The molecule has 1 saturated carbocycles. The van der Waals surface area contributed by atoms with Crippen LogP contribution in [0.1, 0.15) is 36.9 Å². The van der Waals surface area contributed by atoms with E-state index in [-0.39, 0.29) is 6.10 Å². The molecule has 28 heavy (non-hydrogen) atoms. The van der Waals surface area contributed by atoms with E-state index in [0.717, 1.165) is 25.7 Å². The van der Waals surface area contributed by atoms with Crippen molar-refractivity contribution < 1.29 is 18.9 Å². The van der Waals surface area contributed by atoms with Gasteiger partial charge in [-0.3, -0.25) is 9.97 Å². The molecule has 0 aliphatic heterocycles. The monoisotopic (exact) mass is 381 g/mol. The topological polar surface area (TPSA) is 86.5 Å². The Morgan fingerprint density at radius 3 is 2.21 bits per heavy atom. The molecule has 0 atom stereocenters. The van der Waals surface area contributed by atoms with E-state index in [1.165, 1.54) is 0 Å². The quantitative estimate of drug-likeness (QED) is 0.673. The first-order chi connectivity index (χ1) is 13.7. The second kappa shape index (κ2) is 9.09.